The Balaban J connectivity index is 0.000000137. The third-order valence-corrected chi connectivity index (χ3v) is 11.2. The molecule has 1 atom stereocenters. The van der Waals surface area contributed by atoms with E-state index in [0.717, 1.165) is 56.2 Å². The van der Waals surface area contributed by atoms with Crippen LogP contribution in [0.1, 0.15) is 53.6 Å². The van der Waals surface area contributed by atoms with Crippen molar-refractivity contribution in [3.63, 3.8) is 0 Å². The number of hydrogen-bond acceptors (Lipinski definition) is 14. The molecule has 1 unspecified atom stereocenters. The highest BCUT2D eigenvalue weighted by Crippen LogP contribution is 2.44. The molecule has 0 aliphatic carbocycles. The smallest absolute Gasteiger partial charge is 0.203 e. The lowest BCUT2D eigenvalue weighted by atomic mass is 10.0. The van der Waals surface area contributed by atoms with Crippen molar-refractivity contribution in [2.24, 2.45) is 0 Å². The predicted molar refractivity (Wildman–Crippen MR) is 246 cm³/mol. The van der Waals surface area contributed by atoms with Gasteiger partial charge in [0.25, 0.3) is 0 Å². The molecule has 4 aromatic carbocycles. The molecule has 10 rings (SSSR count). The fourth-order valence-corrected chi connectivity index (χ4v) is 7.96. The van der Waals surface area contributed by atoms with E-state index in [2.05, 4.69) is 0 Å². The van der Waals surface area contributed by atoms with Gasteiger partial charge in [-0.3, -0.25) is 0 Å². The number of aliphatic hydroxyl groups is 4. The molecule has 5 aromatic heterocycles. The van der Waals surface area contributed by atoms with Crippen LogP contribution in [0.5, 0.6) is 17.2 Å². The van der Waals surface area contributed by atoms with Gasteiger partial charge in [0.15, 0.2) is 40.8 Å². The average molecular weight is 901 g/mol. The molecule has 66 heavy (non-hydrogen) atoms. The van der Waals surface area contributed by atoms with Crippen molar-refractivity contribution in [2.45, 2.75) is 58.4 Å². The van der Waals surface area contributed by atoms with E-state index in [9.17, 15) is 20.4 Å². The van der Waals surface area contributed by atoms with Gasteiger partial charge in [-0.1, -0.05) is 54.6 Å². The Bertz CT molecular complexity index is 2970. The molecule has 1 saturated heterocycles. The van der Waals surface area contributed by atoms with Crippen LogP contribution in [0.25, 0.3) is 67.3 Å². The summed E-state index contributed by atoms with van der Waals surface area (Å²) in [6.45, 7) is 2.93. The number of aliphatic hydroxyl groups excluding tert-OH is 4. The van der Waals surface area contributed by atoms with Crippen LogP contribution in [0.2, 0.25) is 0 Å². The number of benzene rings is 4. The second-order valence-electron chi connectivity index (χ2n) is 15.3. The molecular formula is C52H52O14. The van der Waals surface area contributed by atoms with Crippen LogP contribution in [0.3, 0.4) is 0 Å². The zero-order valence-corrected chi connectivity index (χ0v) is 37.1. The highest BCUT2D eigenvalue weighted by atomic mass is 16.7. The normalized spacial score (nSPS) is 13.3. The number of para-hydroxylation sites is 3. The Morgan fingerprint density at radius 2 is 1.03 bits per heavy atom. The van der Waals surface area contributed by atoms with E-state index >= 15 is 0 Å². The van der Waals surface area contributed by atoms with Crippen LogP contribution in [0.15, 0.2) is 131 Å². The number of aryl methyl sites for hydroxylation is 1. The lowest BCUT2D eigenvalue weighted by Gasteiger charge is -2.23. The maximum absolute atomic E-state index is 10.4. The van der Waals surface area contributed by atoms with E-state index in [0.29, 0.717) is 89.0 Å². The fraction of sp³-hybridized carbons (Fsp3) is 0.269. The third kappa shape index (κ3) is 9.60. The van der Waals surface area contributed by atoms with Crippen molar-refractivity contribution in [2.75, 3.05) is 34.5 Å². The first-order chi connectivity index (χ1) is 32.3. The zero-order valence-electron chi connectivity index (χ0n) is 37.1. The van der Waals surface area contributed by atoms with Gasteiger partial charge >= 0.3 is 0 Å². The predicted octanol–water partition coefficient (Wildman–Crippen LogP) is 10.9. The minimum atomic E-state index is -0.750. The zero-order chi connectivity index (χ0) is 46.2. The summed E-state index contributed by atoms with van der Waals surface area (Å²) in [5.74, 6) is 5.70. The van der Waals surface area contributed by atoms with Crippen LogP contribution in [-0.4, -0.2) is 61.3 Å². The maximum Gasteiger partial charge on any atom is 0.203 e. The van der Waals surface area contributed by atoms with Gasteiger partial charge in [-0.15, -0.1) is 0 Å². The molecule has 0 bridgehead atoms. The van der Waals surface area contributed by atoms with E-state index in [1.54, 1.807) is 45.6 Å². The minimum absolute atomic E-state index is 0.0634. The maximum atomic E-state index is 10.4. The first kappa shape index (κ1) is 45.8. The summed E-state index contributed by atoms with van der Waals surface area (Å²) in [4.78, 5) is 0. The summed E-state index contributed by atoms with van der Waals surface area (Å²) in [5, 5.41) is 42.0. The molecule has 1 aliphatic heterocycles. The molecular weight excluding hydrogens is 849 g/mol. The van der Waals surface area contributed by atoms with Crippen molar-refractivity contribution in [3.8, 4) is 51.6 Å². The molecule has 4 N–H and O–H groups in total. The molecule has 14 nitrogen and oxygen atoms in total. The Morgan fingerprint density at radius 3 is 1.50 bits per heavy atom. The first-order valence-corrected chi connectivity index (χ1v) is 21.5. The second-order valence-corrected chi connectivity index (χ2v) is 15.3. The molecule has 0 radical (unpaired) electrons. The highest BCUT2D eigenvalue weighted by Gasteiger charge is 2.24. The van der Waals surface area contributed by atoms with Crippen LogP contribution < -0.4 is 14.2 Å². The summed E-state index contributed by atoms with van der Waals surface area (Å²) in [6.07, 6.45) is 0.976. The Kier molecular flexibility index (Phi) is 14.6. The minimum Gasteiger partial charge on any atom is -0.493 e. The van der Waals surface area contributed by atoms with E-state index in [1.165, 1.54) is 0 Å². The number of ether oxygens (including phenoxy) is 5. The Labute approximate surface area is 380 Å². The van der Waals surface area contributed by atoms with E-state index in [1.807, 2.05) is 91.9 Å². The first-order valence-electron chi connectivity index (χ1n) is 21.5. The monoisotopic (exact) mass is 900 g/mol. The second kappa shape index (κ2) is 21.0. The summed E-state index contributed by atoms with van der Waals surface area (Å²) in [7, 11) is 4.68. The lowest BCUT2D eigenvalue weighted by Crippen LogP contribution is -2.25. The van der Waals surface area contributed by atoms with Gasteiger partial charge in [-0.2, -0.15) is 0 Å². The molecule has 0 amide bonds. The van der Waals surface area contributed by atoms with Crippen LogP contribution in [-0.2, 0) is 29.3 Å². The average Bonchev–Trinajstić information content (AvgIpc) is 4.22. The van der Waals surface area contributed by atoms with Crippen molar-refractivity contribution in [1.82, 2.24) is 0 Å². The van der Waals surface area contributed by atoms with Gasteiger partial charge in [0.05, 0.1) is 54.4 Å². The molecule has 0 saturated carbocycles. The van der Waals surface area contributed by atoms with Crippen molar-refractivity contribution < 1.29 is 66.2 Å². The van der Waals surface area contributed by atoms with E-state index < -0.39 is 6.10 Å². The van der Waals surface area contributed by atoms with Gasteiger partial charge in [-0.25, -0.2) is 0 Å². The Morgan fingerprint density at radius 1 is 0.561 bits per heavy atom. The number of hydrogen-bond donors (Lipinski definition) is 4. The van der Waals surface area contributed by atoms with Crippen LogP contribution in [0, 0.1) is 6.92 Å². The van der Waals surface area contributed by atoms with Crippen molar-refractivity contribution >= 4 is 32.9 Å². The van der Waals surface area contributed by atoms with Gasteiger partial charge in [0.1, 0.15) is 40.1 Å². The van der Waals surface area contributed by atoms with Gasteiger partial charge in [0.2, 0.25) is 5.75 Å². The highest BCUT2D eigenvalue weighted by molar-refractivity contribution is 5.89. The van der Waals surface area contributed by atoms with E-state index in [4.69, 9.17) is 45.8 Å². The van der Waals surface area contributed by atoms with Crippen molar-refractivity contribution in [1.29, 1.82) is 0 Å². The molecule has 6 heterocycles. The van der Waals surface area contributed by atoms with Crippen molar-refractivity contribution in [3.05, 3.63) is 137 Å². The summed E-state index contributed by atoms with van der Waals surface area (Å²) in [6, 6.07) is 33.6. The topological polar surface area (TPSA) is 193 Å². The van der Waals surface area contributed by atoms with Crippen LogP contribution >= 0.6 is 0 Å². The van der Waals surface area contributed by atoms with Crippen LogP contribution in [0.4, 0.5) is 0 Å². The Hall–Kier alpha value is -6.78. The van der Waals surface area contributed by atoms with Gasteiger partial charge < -0.3 is 66.2 Å². The summed E-state index contributed by atoms with van der Waals surface area (Å²) in [5.41, 5.74) is 5.11. The molecule has 1 fully saturated rings. The molecule has 344 valence electrons. The largest absolute Gasteiger partial charge is 0.493 e. The standard InChI is InChI=1S/C20H22O6.C18H18O5.C14H12O3/c21-12-14-13-4-1-2-5-16(13)26-20(14)18-8-7-17(25-18)15(22)6-9-19-23-10-3-11-24-19;1-20-15-8-11(9-16(21-2)18(15)22-3)17-13(10-19)12-6-4-5-7-14(12)23-17;1-9-6-7-13(16-9)14-11(8-15)10-4-2-3-5-12(10)17-14/h1-2,4-5,7-8,15,19,21-22H,3,6,9-12H2;4-9,19H,10H2,1-3H3;2-7,15H,8H2,1H3. The number of fused-ring (bicyclic) bond motifs is 3. The van der Waals surface area contributed by atoms with Gasteiger partial charge in [0, 0.05) is 44.8 Å². The van der Waals surface area contributed by atoms with Gasteiger partial charge in [-0.05, 0) is 74.4 Å². The van der Waals surface area contributed by atoms with E-state index in [-0.39, 0.29) is 26.1 Å². The fourth-order valence-electron chi connectivity index (χ4n) is 7.96. The quantitative estimate of drug-likeness (QED) is 0.0854. The molecule has 14 heteroatoms. The molecule has 0 spiro atoms. The summed E-state index contributed by atoms with van der Waals surface area (Å²) < 4.78 is 56.0. The molecule has 9 aromatic rings. The summed E-state index contributed by atoms with van der Waals surface area (Å²) >= 11 is 0. The number of methoxy groups -OCH3 is 3. The number of rotatable bonds is 13. The lowest BCUT2D eigenvalue weighted by molar-refractivity contribution is -0.184. The molecule has 1 aliphatic rings. The third-order valence-electron chi connectivity index (χ3n) is 11.2. The SMILES string of the molecule is COc1cc(-c2oc3ccccc3c2CO)cc(OC)c1OC.Cc1ccc(-c2oc3ccccc3c2CO)o1.OCc1c(-c2ccc(C(O)CCC3OCCCO3)o2)oc2ccccc12. The number of furan rings is 5.